The summed E-state index contributed by atoms with van der Waals surface area (Å²) < 4.78 is 41.8. The molecule has 1 aliphatic heterocycles. The molecule has 1 aromatic carbocycles. The molecule has 1 nitrogen and oxygen atoms in total. The lowest BCUT2D eigenvalue weighted by Gasteiger charge is -2.19. The summed E-state index contributed by atoms with van der Waals surface area (Å²) >= 11 is 6.01. The normalized spacial score (nSPS) is 16.9. The second-order valence-corrected chi connectivity index (χ2v) is 4.97. The van der Waals surface area contributed by atoms with Gasteiger partial charge >= 0.3 is 6.18 Å². The highest BCUT2D eigenvalue weighted by atomic mass is 35.5. The first kappa shape index (κ1) is 13.5. The SMILES string of the molecule is FC(F)(F)CCC(Cl)c1ccc2c(c1)CCCO2. The average Bonchev–Trinajstić information content (AvgIpc) is 2.34. The molecule has 0 aliphatic carbocycles. The molecule has 1 unspecified atom stereocenters. The molecule has 0 amide bonds. The van der Waals surface area contributed by atoms with Crippen LogP contribution in [0.2, 0.25) is 0 Å². The largest absolute Gasteiger partial charge is 0.493 e. The first-order valence-corrected chi connectivity index (χ1v) is 6.36. The Morgan fingerprint density at radius 1 is 1.33 bits per heavy atom. The third kappa shape index (κ3) is 3.55. The highest BCUT2D eigenvalue weighted by Gasteiger charge is 2.28. The van der Waals surface area contributed by atoms with Crippen molar-refractivity contribution in [2.45, 2.75) is 37.2 Å². The summed E-state index contributed by atoms with van der Waals surface area (Å²) in [7, 11) is 0. The summed E-state index contributed by atoms with van der Waals surface area (Å²) in [5.41, 5.74) is 1.78. The van der Waals surface area contributed by atoms with E-state index >= 15 is 0 Å². The van der Waals surface area contributed by atoms with Crippen LogP contribution in [-0.4, -0.2) is 12.8 Å². The van der Waals surface area contributed by atoms with Crippen molar-refractivity contribution in [3.05, 3.63) is 29.3 Å². The number of hydrogen-bond donors (Lipinski definition) is 0. The Hall–Kier alpha value is -0.900. The lowest BCUT2D eigenvalue weighted by atomic mass is 10.00. The second-order valence-electron chi connectivity index (χ2n) is 4.44. The minimum atomic E-state index is -4.15. The van der Waals surface area contributed by atoms with Gasteiger partial charge in [0.05, 0.1) is 12.0 Å². The Labute approximate surface area is 109 Å². The van der Waals surface area contributed by atoms with Gasteiger partial charge in [0.2, 0.25) is 0 Å². The van der Waals surface area contributed by atoms with Gasteiger partial charge in [-0.05, 0) is 36.5 Å². The highest BCUT2D eigenvalue weighted by Crippen LogP contribution is 2.34. The molecule has 1 atom stereocenters. The van der Waals surface area contributed by atoms with Crippen molar-refractivity contribution >= 4 is 11.6 Å². The highest BCUT2D eigenvalue weighted by molar-refractivity contribution is 6.20. The van der Waals surface area contributed by atoms with Crippen LogP contribution in [0.4, 0.5) is 13.2 Å². The second kappa shape index (κ2) is 5.39. The number of halogens is 4. The number of alkyl halides is 4. The molecule has 18 heavy (non-hydrogen) atoms. The summed E-state index contributed by atoms with van der Waals surface area (Å²) in [5, 5.41) is -0.598. The van der Waals surface area contributed by atoms with Gasteiger partial charge in [0.1, 0.15) is 5.75 Å². The van der Waals surface area contributed by atoms with E-state index in [2.05, 4.69) is 0 Å². The molecule has 100 valence electrons. The molecule has 0 aromatic heterocycles. The van der Waals surface area contributed by atoms with Gasteiger partial charge in [-0.25, -0.2) is 0 Å². The predicted octanol–water partition coefficient (Wildman–Crippen LogP) is 4.63. The molecule has 0 N–H and O–H groups in total. The quantitative estimate of drug-likeness (QED) is 0.732. The molecule has 0 saturated heterocycles. The van der Waals surface area contributed by atoms with E-state index in [-0.39, 0.29) is 6.42 Å². The molecule has 0 spiro atoms. The zero-order chi connectivity index (χ0) is 13.2. The maximum absolute atomic E-state index is 12.1. The lowest BCUT2D eigenvalue weighted by molar-refractivity contribution is -0.135. The number of hydrogen-bond acceptors (Lipinski definition) is 1. The van der Waals surface area contributed by atoms with Crippen LogP contribution < -0.4 is 4.74 Å². The Morgan fingerprint density at radius 3 is 2.83 bits per heavy atom. The van der Waals surface area contributed by atoms with E-state index in [1.807, 2.05) is 6.07 Å². The van der Waals surface area contributed by atoms with Crippen molar-refractivity contribution in [1.29, 1.82) is 0 Å². The van der Waals surface area contributed by atoms with Gasteiger partial charge in [0, 0.05) is 6.42 Å². The molecule has 1 aliphatic rings. The molecular weight excluding hydrogens is 265 g/mol. The summed E-state index contributed by atoms with van der Waals surface area (Å²) in [6, 6.07) is 5.41. The van der Waals surface area contributed by atoms with Crippen molar-refractivity contribution in [2.24, 2.45) is 0 Å². The number of fused-ring (bicyclic) bond motifs is 1. The Morgan fingerprint density at radius 2 is 2.11 bits per heavy atom. The minimum Gasteiger partial charge on any atom is -0.493 e. The first-order valence-electron chi connectivity index (χ1n) is 5.92. The molecule has 0 fully saturated rings. The zero-order valence-electron chi connectivity index (χ0n) is 9.77. The Bertz CT molecular complexity index is 417. The summed E-state index contributed by atoms with van der Waals surface area (Å²) in [4.78, 5) is 0. The molecule has 2 rings (SSSR count). The molecule has 1 heterocycles. The van der Waals surface area contributed by atoms with E-state index in [0.717, 1.165) is 29.7 Å². The Balaban J connectivity index is 2.04. The fourth-order valence-electron chi connectivity index (χ4n) is 2.03. The summed E-state index contributed by atoms with van der Waals surface area (Å²) in [5.74, 6) is 0.824. The summed E-state index contributed by atoms with van der Waals surface area (Å²) in [6.07, 6.45) is -3.26. The van der Waals surface area contributed by atoms with Gasteiger partial charge in [-0.2, -0.15) is 13.2 Å². The first-order chi connectivity index (χ1) is 8.46. The van der Waals surface area contributed by atoms with Gasteiger partial charge in [0.25, 0.3) is 0 Å². The third-order valence-corrected chi connectivity index (χ3v) is 3.45. The van der Waals surface area contributed by atoms with Gasteiger partial charge in [-0.3, -0.25) is 0 Å². The van der Waals surface area contributed by atoms with Crippen molar-refractivity contribution in [2.75, 3.05) is 6.61 Å². The van der Waals surface area contributed by atoms with Crippen LogP contribution in [-0.2, 0) is 6.42 Å². The molecular formula is C13H14ClF3O. The fourth-order valence-corrected chi connectivity index (χ4v) is 2.28. The number of aryl methyl sites for hydroxylation is 1. The molecule has 1 aromatic rings. The van der Waals surface area contributed by atoms with Crippen molar-refractivity contribution < 1.29 is 17.9 Å². The van der Waals surface area contributed by atoms with E-state index < -0.39 is 18.0 Å². The number of rotatable bonds is 3. The number of benzene rings is 1. The van der Waals surface area contributed by atoms with E-state index in [9.17, 15) is 13.2 Å². The topological polar surface area (TPSA) is 9.23 Å². The number of ether oxygens (including phenoxy) is 1. The van der Waals surface area contributed by atoms with E-state index in [1.165, 1.54) is 0 Å². The fraction of sp³-hybridized carbons (Fsp3) is 0.538. The summed E-state index contributed by atoms with van der Waals surface area (Å²) in [6.45, 7) is 0.699. The van der Waals surface area contributed by atoms with Crippen LogP contribution in [0.1, 0.15) is 35.8 Å². The van der Waals surface area contributed by atoms with E-state index in [1.54, 1.807) is 12.1 Å². The van der Waals surface area contributed by atoms with Gasteiger partial charge in [-0.1, -0.05) is 12.1 Å². The molecule has 5 heteroatoms. The van der Waals surface area contributed by atoms with Crippen LogP contribution in [0.15, 0.2) is 18.2 Å². The standard InChI is InChI=1S/C13H14ClF3O/c14-11(5-6-13(15,16)17)9-3-4-12-10(8-9)2-1-7-18-12/h3-4,8,11H,1-2,5-7H2. The van der Waals surface area contributed by atoms with E-state index in [4.69, 9.17) is 16.3 Å². The van der Waals surface area contributed by atoms with Crippen molar-refractivity contribution in [3.63, 3.8) is 0 Å². The van der Waals surface area contributed by atoms with Crippen LogP contribution in [0.25, 0.3) is 0 Å². The average molecular weight is 279 g/mol. The van der Waals surface area contributed by atoms with Crippen molar-refractivity contribution in [3.8, 4) is 5.75 Å². The van der Waals surface area contributed by atoms with E-state index in [0.29, 0.717) is 6.61 Å². The van der Waals surface area contributed by atoms with Crippen molar-refractivity contribution in [1.82, 2.24) is 0 Å². The zero-order valence-corrected chi connectivity index (χ0v) is 10.5. The maximum atomic E-state index is 12.1. The molecule has 0 bridgehead atoms. The van der Waals surface area contributed by atoms with Gasteiger partial charge in [-0.15, -0.1) is 11.6 Å². The van der Waals surface area contributed by atoms with Gasteiger partial charge in [0.15, 0.2) is 0 Å². The van der Waals surface area contributed by atoms with Crippen LogP contribution in [0.3, 0.4) is 0 Å². The smallest absolute Gasteiger partial charge is 0.389 e. The predicted molar refractivity (Wildman–Crippen MR) is 64.1 cm³/mol. The Kier molecular flexibility index (Phi) is 4.05. The van der Waals surface area contributed by atoms with Crippen LogP contribution in [0.5, 0.6) is 5.75 Å². The monoisotopic (exact) mass is 278 g/mol. The minimum absolute atomic E-state index is 0.0926. The van der Waals surface area contributed by atoms with Crippen LogP contribution in [0, 0.1) is 0 Å². The maximum Gasteiger partial charge on any atom is 0.389 e. The molecule has 0 saturated carbocycles. The lowest BCUT2D eigenvalue weighted by Crippen LogP contribution is -2.10. The van der Waals surface area contributed by atoms with Gasteiger partial charge < -0.3 is 4.74 Å². The molecule has 0 radical (unpaired) electrons. The third-order valence-electron chi connectivity index (χ3n) is 2.98. The van der Waals surface area contributed by atoms with Crippen LogP contribution >= 0.6 is 11.6 Å².